The van der Waals surface area contributed by atoms with Gasteiger partial charge in [0.2, 0.25) is 0 Å². The monoisotopic (exact) mass is 399 g/mol. The first-order valence-electron chi connectivity index (χ1n) is 9.52. The third kappa shape index (κ3) is 4.12. The molecule has 1 aromatic heterocycles. The third-order valence-corrected chi connectivity index (χ3v) is 5.86. The second kappa shape index (κ2) is 8.03. The Hall–Kier alpha value is -2.21. The molecule has 0 amide bonds. The summed E-state index contributed by atoms with van der Waals surface area (Å²) in [6.45, 7) is 2.57. The number of likely N-dealkylation sites (tertiary alicyclic amines) is 1. The van der Waals surface area contributed by atoms with E-state index in [9.17, 15) is 9.50 Å². The number of benzene rings is 2. The van der Waals surface area contributed by atoms with Crippen molar-refractivity contribution in [2.24, 2.45) is 0 Å². The summed E-state index contributed by atoms with van der Waals surface area (Å²) in [4.78, 5) is 2.37. The standard InChI is InChI=1S/C22H23ClFN3O/c23-19-5-3-18(4-6-19)22(28)10-13-27(14-11-22)12-9-17-15-25-26-21(17)16-1-7-20(24)8-2-16/h1-8,15,28H,9-14H2,(H,25,26). The quantitative estimate of drug-likeness (QED) is 0.668. The molecule has 1 aliphatic rings. The zero-order valence-electron chi connectivity index (χ0n) is 15.5. The SMILES string of the molecule is OC1(c2ccc(Cl)cc2)CCN(CCc2cn[nH]c2-c2ccc(F)cc2)CC1. The molecule has 0 radical (unpaired) electrons. The second-order valence-electron chi connectivity index (χ2n) is 7.41. The van der Waals surface area contributed by atoms with Gasteiger partial charge in [-0.1, -0.05) is 23.7 Å². The van der Waals surface area contributed by atoms with Gasteiger partial charge in [-0.05, 0) is 66.8 Å². The van der Waals surface area contributed by atoms with Gasteiger partial charge >= 0.3 is 0 Å². The molecule has 3 aromatic rings. The molecule has 1 saturated heterocycles. The van der Waals surface area contributed by atoms with Crippen LogP contribution < -0.4 is 0 Å². The molecular weight excluding hydrogens is 377 g/mol. The Morgan fingerprint density at radius 3 is 2.43 bits per heavy atom. The Kier molecular flexibility index (Phi) is 5.49. The van der Waals surface area contributed by atoms with Crippen molar-refractivity contribution >= 4 is 11.6 Å². The first kappa shape index (κ1) is 19.1. The lowest BCUT2D eigenvalue weighted by Crippen LogP contribution is -2.43. The summed E-state index contributed by atoms with van der Waals surface area (Å²) < 4.78 is 13.2. The van der Waals surface area contributed by atoms with Crippen LogP contribution in [0.4, 0.5) is 4.39 Å². The van der Waals surface area contributed by atoms with Crippen LogP contribution in [0.2, 0.25) is 5.02 Å². The topological polar surface area (TPSA) is 52.1 Å². The summed E-state index contributed by atoms with van der Waals surface area (Å²) in [6, 6.07) is 13.9. The van der Waals surface area contributed by atoms with E-state index in [-0.39, 0.29) is 5.82 Å². The van der Waals surface area contributed by atoms with Gasteiger partial charge in [0.1, 0.15) is 5.82 Å². The number of nitrogens with one attached hydrogen (secondary N) is 1. The van der Waals surface area contributed by atoms with Crippen molar-refractivity contribution in [2.75, 3.05) is 19.6 Å². The van der Waals surface area contributed by atoms with E-state index in [1.807, 2.05) is 30.5 Å². The van der Waals surface area contributed by atoms with Crippen molar-refractivity contribution in [1.29, 1.82) is 0 Å². The van der Waals surface area contributed by atoms with E-state index in [0.717, 1.165) is 48.4 Å². The lowest BCUT2D eigenvalue weighted by atomic mass is 9.84. The van der Waals surface area contributed by atoms with Crippen LogP contribution in [0.3, 0.4) is 0 Å². The molecule has 6 heteroatoms. The van der Waals surface area contributed by atoms with Crippen molar-refractivity contribution in [1.82, 2.24) is 15.1 Å². The van der Waals surface area contributed by atoms with Gasteiger partial charge in [-0.3, -0.25) is 5.10 Å². The predicted molar refractivity (Wildman–Crippen MR) is 109 cm³/mol. The molecule has 2 aromatic carbocycles. The van der Waals surface area contributed by atoms with Gasteiger partial charge < -0.3 is 10.0 Å². The van der Waals surface area contributed by atoms with Crippen LogP contribution in [-0.4, -0.2) is 39.8 Å². The minimum atomic E-state index is -0.782. The van der Waals surface area contributed by atoms with E-state index in [2.05, 4.69) is 15.1 Å². The Balaban J connectivity index is 1.36. The van der Waals surface area contributed by atoms with Crippen LogP contribution >= 0.6 is 11.6 Å². The number of H-pyrrole nitrogens is 1. The van der Waals surface area contributed by atoms with Crippen molar-refractivity contribution < 1.29 is 9.50 Å². The highest BCUT2D eigenvalue weighted by Gasteiger charge is 2.33. The number of piperidine rings is 1. The van der Waals surface area contributed by atoms with Crippen molar-refractivity contribution in [3.05, 3.63) is 76.7 Å². The molecule has 2 heterocycles. The molecule has 0 unspecified atom stereocenters. The number of halogens is 2. The minimum Gasteiger partial charge on any atom is -0.385 e. The molecule has 0 aliphatic carbocycles. The van der Waals surface area contributed by atoms with Gasteiger partial charge in [0.05, 0.1) is 17.5 Å². The molecule has 4 rings (SSSR count). The summed E-state index contributed by atoms with van der Waals surface area (Å²) in [7, 11) is 0. The van der Waals surface area contributed by atoms with Crippen LogP contribution in [0.15, 0.2) is 54.7 Å². The average molecular weight is 400 g/mol. The first-order chi connectivity index (χ1) is 13.5. The van der Waals surface area contributed by atoms with E-state index in [4.69, 9.17) is 11.6 Å². The van der Waals surface area contributed by atoms with Gasteiger partial charge in [0.25, 0.3) is 0 Å². The Labute approximate surface area is 169 Å². The predicted octanol–water partition coefficient (Wildman–Crippen LogP) is 4.40. The fraction of sp³-hybridized carbons (Fsp3) is 0.318. The first-order valence-corrected chi connectivity index (χ1v) is 9.90. The summed E-state index contributed by atoms with van der Waals surface area (Å²) in [6.07, 6.45) is 4.09. The molecule has 1 aliphatic heterocycles. The fourth-order valence-electron chi connectivity index (χ4n) is 3.84. The van der Waals surface area contributed by atoms with Gasteiger partial charge in [0.15, 0.2) is 0 Å². The van der Waals surface area contributed by atoms with Crippen LogP contribution in [0, 0.1) is 5.82 Å². The lowest BCUT2D eigenvalue weighted by Gasteiger charge is -2.38. The summed E-state index contributed by atoms with van der Waals surface area (Å²) in [5.41, 5.74) is 3.14. The smallest absolute Gasteiger partial charge is 0.123 e. The van der Waals surface area contributed by atoms with Crippen LogP contribution in [0.5, 0.6) is 0 Å². The second-order valence-corrected chi connectivity index (χ2v) is 7.84. The zero-order valence-corrected chi connectivity index (χ0v) is 16.3. The van der Waals surface area contributed by atoms with Gasteiger partial charge in [-0.15, -0.1) is 0 Å². The minimum absolute atomic E-state index is 0.244. The summed E-state index contributed by atoms with van der Waals surface area (Å²) in [5, 5.41) is 18.9. The number of rotatable bonds is 5. The molecule has 28 heavy (non-hydrogen) atoms. The van der Waals surface area contributed by atoms with E-state index >= 15 is 0 Å². The largest absolute Gasteiger partial charge is 0.385 e. The highest BCUT2D eigenvalue weighted by atomic mass is 35.5. The molecule has 0 spiro atoms. The van der Waals surface area contributed by atoms with Crippen molar-refractivity contribution in [3.8, 4) is 11.3 Å². The van der Waals surface area contributed by atoms with E-state index in [1.165, 1.54) is 12.1 Å². The van der Waals surface area contributed by atoms with Gasteiger partial charge in [-0.25, -0.2) is 4.39 Å². The Morgan fingerprint density at radius 1 is 1.07 bits per heavy atom. The number of nitrogens with zero attached hydrogens (tertiary/aromatic N) is 2. The Morgan fingerprint density at radius 2 is 1.75 bits per heavy atom. The number of aromatic amines is 1. The van der Waals surface area contributed by atoms with Crippen molar-refractivity contribution in [3.63, 3.8) is 0 Å². The number of aliphatic hydroxyl groups is 1. The molecule has 0 atom stereocenters. The highest BCUT2D eigenvalue weighted by molar-refractivity contribution is 6.30. The molecule has 0 saturated carbocycles. The molecule has 4 nitrogen and oxygen atoms in total. The normalized spacial score (nSPS) is 17.0. The summed E-state index contributed by atoms with van der Waals surface area (Å²) in [5.74, 6) is -0.244. The molecule has 0 bridgehead atoms. The van der Waals surface area contributed by atoms with E-state index in [1.54, 1.807) is 12.1 Å². The fourth-order valence-corrected chi connectivity index (χ4v) is 3.97. The van der Waals surface area contributed by atoms with Crippen molar-refractivity contribution in [2.45, 2.75) is 24.9 Å². The van der Waals surface area contributed by atoms with Crippen LogP contribution in [0.25, 0.3) is 11.3 Å². The van der Waals surface area contributed by atoms with Gasteiger partial charge in [-0.2, -0.15) is 5.10 Å². The van der Waals surface area contributed by atoms with Crippen LogP contribution in [0.1, 0.15) is 24.0 Å². The lowest BCUT2D eigenvalue weighted by molar-refractivity contribution is -0.0255. The number of aromatic nitrogens is 2. The molecule has 2 N–H and O–H groups in total. The summed E-state index contributed by atoms with van der Waals surface area (Å²) >= 11 is 5.96. The zero-order chi connectivity index (χ0) is 19.6. The highest BCUT2D eigenvalue weighted by Crippen LogP contribution is 2.33. The number of hydrogen-bond donors (Lipinski definition) is 2. The maximum atomic E-state index is 13.2. The maximum Gasteiger partial charge on any atom is 0.123 e. The average Bonchev–Trinajstić information content (AvgIpc) is 3.17. The molecule has 1 fully saturated rings. The van der Waals surface area contributed by atoms with E-state index in [0.29, 0.717) is 17.9 Å². The van der Waals surface area contributed by atoms with E-state index < -0.39 is 5.60 Å². The van der Waals surface area contributed by atoms with Crippen LogP contribution in [-0.2, 0) is 12.0 Å². The van der Waals surface area contributed by atoms with Gasteiger partial charge in [0, 0.05) is 30.2 Å². The molecular formula is C22H23ClFN3O. The third-order valence-electron chi connectivity index (χ3n) is 5.61. The Bertz CT molecular complexity index is 916. The number of hydrogen-bond acceptors (Lipinski definition) is 3. The molecule has 146 valence electrons. The maximum absolute atomic E-state index is 13.2.